The molecule has 1 unspecified atom stereocenters. The summed E-state index contributed by atoms with van der Waals surface area (Å²) >= 11 is 0. The van der Waals surface area contributed by atoms with E-state index in [1.165, 1.54) is 45.6 Å². The molecule has 0 aromatic rings. The summed E-state index contributed by atoms with van der Waals surface area (Å²) in [5, 5.41) is 3.32. The Labute approximate surface area is 123 Å². The summed E-state index contributed by atoms with van der Waals surface area (Å²) in [5.74, 6) is -0.139. The molecule has 1 saturated carbocycles. The third-order valence-corrected chi connectivity index (χ3v) is 5.04. The molecular weight excluding hydrogens is 252 g/mol. The molecule has 116 valence electrons. The molecule has 1 aliphatic carbocycles. The molecule has 2 fully saturated rings. The maximum absolute atomic E-state index is 11.9. The van der Waals surface area contributed by atoms with Gasteiger partial charge in [0.15, 0.2) is 0 Å². The Morgan fingerprint density at radius 1 is 1.20 bits per heavy atom. The molecule has 4 heteroatoms. The summed E-state index contributed by atoms with van der Waals surface area (Å²) in [5.41, 5.74) is 0.642. The van der Waals surface area contributed by atoms with Crippen LogP contribution in [-0.2, 0) is 9.53 Å². The van der Waals surface area contributed by atoms with Crippen LogP contribution in [0.15, 0.2) is 0 Å². The van der Waals surface area contributed by atoms with Gasteiger partial charge in [-0.15, -0.1) is 0 Å². The van der Waals surface area contributed by atoms with Crippen molar-refractivity contribution >= 4 is 5.97 Å². The quantitative estimate of drug-likeness (QED) is 0.785. The summed E-state index contributed by atoms with van der Waals surface area (Å²) in [7, 11) is 1.47. The normalized spacial score (nSPS) is 24.2. The highest BCUT2D eigenvalue weighted by Crippen LogP contribution is 2.46. The third kappa shape index (κ3) is 3.95. The minimum atomic E-state index is -0.197. The average molecular weight is 282 g/mol. The van der Waals surface area contributed by atoms with Gasteiger partial charge in [0.25, 0.3) is 0 Å². The highest BCUT2D eigenvalue weighted by molar-refractivity contribution is 5.76. The Morgan fingerprint density at radius 3 is 2.30 bits per heavy atom. The van der Waals surface area contributed by atoms with Crippen molar-refractivity contribution in [3.63, 3.8) is 0 Å². The van der Waals surface area contributed by atoms with E-state index in [4.69, 9.17) is 4.74 Å². The van der Waals surface area contributed by atoms with Gasteiger partial charge in [0.1, 0.15) is 6.04 Å². The van der Waals surface area contributed by atoms with Gasteiger partial charge in [-0.2, -0.15) is 0 Å². The maximum atomic E-state index is 11.9. The summed E-state index contributed by atoms with van der Waals surface area (Å²) < 4.78 is 4.92. The topological polar surface area (TPSA) is 41.6 Å². The number of hydrogen-bond acceptors (Lipinski definition) is 4. The molecule has 0 aromatic carbocycles. The number of carbonyl (C=O) groups excluding carboxylic acids is 1. The van der Waals surface area contributed by atoms with Crippen LogP contribution in [0.2, 0.25) is 0 Å². The summed E-state index contributed by atoms with van der Waals surface area (Å²) in [6.07, 6.45) is 8.29. The van der Waals surface area contributed by atoms with E-state index in [0.29, 0.717) is 11.5 Å². The van der Waals surface area contributed by atoms with E-state index in [1.807, 2.05) is 0 Å². The first kappa shape index (κ1) is 15.8. The molecule has 4 nitrogen and oxygen atoms in total. The molecule has 0 radical (unpaired) electrons. The van der Waals surface area contributed by atoms with Gasteiger partial charge in [0.2, 0.25) is 0 Å². The third-order valence-electron chi connectivity index (χ3n) is 5.04. The highest BCUT2D eigenvalue weighted by Gasteiger charge is 2.37. The average Bonchev–Trinajstić information content (AvgIpc) is 2.88. The van der Waals surface area contributed by atoms with E-state index < -0.39 is 0 Å². The first-order valence-corrected chi connectivity index (χ1v) is 8.11. The molecule has 1 heterocycles. The number of carbonyl (C=O) groups is 1. The Hall–Kier alpha value is -0.610. The predicted octanol–water partition coefficient (Wildman–Crippen LogP) is 2.18. The molecule has 2 aliphatic rings. The largest absolute Gasteiger partial charge is 0.468 e. The van der Waals surface area contributed by atoms with Gasteiger partial charge in [-0.05, 0) is 44.2 Å². The van der Waals surface area contributed by atoms with Crippen molar-refractivity contribution in [2.45, 2.75) is 64.5 Å². The molecule has 1 N–H and O–H groups in total. The van der Waals surface area contributed by atoms with E-state index in [1.54, 1.807) is 0 Å². The van der Waals surface area contributed by atoms with E-state index in [2.05, 4.69) is 24.1 Å². The minimum absolute atomic E-state index is 0.139. The van der Waals surface area contributed by atoms with E-state index in [0.717, 1.165) is 19.6 Å². The Morgan fingerprint density at radius 2 is 1.80 bits per heavy atom. The Bertz CT molecular complexity index is 314. The molecule has 2 rings (SSSR count). The molecule has 1 atom stereocenters. The van der Waals surface area contributed by atoms with E-state index >= 15 is 0 Å². The Kier molecular flexibility index (Phi) is 5.44. The maximum Gasteiger partial charge on any atom is 0.324 e. The second kappa shape index (κ2) is 6.90. The van der Waals surface area contributed by atoms with Gasteiger partial charge >= 0.3 is 5.97 Å². The lowest BCUT2D eigenvalue weighted by Gasteiger charge is -2.40. The molecule has 0 bridgehead atoms. The van der Waals surface area contributed by atoms with Crippen LogP contribution in [0.4, 0.5) is 0 Å². The summed E-state index contributed by atoms with van der Waals surface area (Å²) in [6.45, 7) is 7.18. The van der Waals surface area contributed by atoms with Crippen LogP contribution in [-0.4, -0.2) is 49.7 Å². The smallest absolute Gasteiger partial charge is 0.324 e. The van der Waals surface area contributed by atoms with Crippen molar-refractivity contribution in [3.8, 4) is 0 Å². The van der Waals surface area contributed by atoms with Crippen molar-refractivity contribution in [1.82, 2.24) is 10.2 Å². The van der Waals surface area contributed by atoms with Crippen LogP contribution in [0.5, 0.6) is 0 Å². The molecule has 20 heavy (non-hydrogen) atoms. The molecule has 1 spiro atoms. The van der Waals surface area contributed by atoms with Gasteiger partial charge in [-0.25, -0.2) is 0 Å². The van der Waals surface area contributed by atoms with Crippen molar-refractivity contribution in [2.24, 2.45) is 5.41 Å². The summed E-state index contributed by atoms with van der Waals surface area (Å²) in [4.78, 5) is 14.3. The van der Waals surface area contributed by atoms with Gasteiger partial charge in [-0.3, -0.25) is 4.79 Å². The number of piperidine rings is 1. The molecule has 1 saturated heterocycles. The fourth-order valence-electron chi connectivity index (χ4n) is 3.83. The van der Waals surface area contributed by atoms with Crippen molar-refractivity contribution < 1.29 is 9.53 Å². The molecule has 0 amide bonds. The second-order valence-corrected chi connectivity index (χ2v) is 6.90. The second-order valence-electron chi connectivity index (χ2n) is 6.90. The number of rotatable bonds is 5. The zero-order chi connectivity index (χ0) is 14.6. The summed E-state index contributed by atoms with van der Waals surface area (Å²) in [6, 6.07) is 0.0997. The van der Waals surface area contributed by atoms with Crippen LogP contribution in [0, 0.1) is 5.41 Å². The van der Waals surface area contributed by atoms with Crippen LogP contribution < -0.4 is 5.32 Å². The molecule has 1 aliphatic heterocycles. The van der Waals surface area contributed by atoms with Gasteiger partial charge in [0.05, 0.1) is 7.11 Å². The zero-order valence-electron chi connectivity index (χ0n) is 13.3. The van der Waals surface area contributed by atoms with E-state index in [-0.39, 0.29) is 12.0 Å². The lowest BCUT2D eigenvalue weighted by Crippen LogP contribution is -2.51. The van der Waals surface area contributed by atoms with Gasteiger partial charge in [0, 0.05) is 12.6 Å². The number of nitrogens with one attached hydrogen (secondary N) is 1. The van der Waals surface area contributed by atoms with Crippen LogP contribution in [0.25, 0.3) is 0 Å². The fourth-order valence-corrected chi connectivity index (χ4v) is 3.83. The number of likely N-dealkylation sites (tertiary alicyclic amines) is 1. The molecular formula is C16H30N2O2. The fraction of sp³-hybridized carbons (Fsp3) is 0.938. The van der Waals surface area contributed by atoms with Crippen molar-refractivity contribution in [1.29, 1.82) is 0 Å². The monoisotopic (exact) mass is 282 g/mol. The number of hydrogen-bond donors (Lipinski definition) is 1. The number of nitrogens with zero attached hydrogens (tertiary/aromatic N) is 1. The number of ether oxygens (including phenoxy) is 1. The number of methoxy groups -OCH3 is 1. The first-order valence-electron chi connectivity index (χ1n) is 8.11. The Balaban J connectivity index is 1.84. The van der Waals surface area contributed by atoms with Crippen molar-refractivity contribution in [2.75, 3.05) is 26.7 Å². The van der Waals surface area contributed by atoms with Gasteiger partial charge in [-0.1, -0.05) is 26.7 Å². The lowest BCUT2D eigenvalue weighted by atomic mass is 9.77. The number of esters is 1. The lowest BCUT2D eigenvalue weighted by molar-refractivity contribution is -0.144. The van der Waals surface area contributed by atoms with E-state index in [9.17, 15) is 4.79 Å². The van der Waals surface area contributed by atoms with Crippen molar-refractivity contribution in [3.05, 3.63) is 0 Å². The zero-order valence-corrected chi connectivity index (χ0v) is 13.3. The highest BCUT2D eigenvalue weighted by atomic mass is 16.5. The van der Waals surface area contributed by atoms with Crippen LogP contribution in [0.3, 0.4) is 0 Å². The first-order chi connectivity index (χ1) is 9.54. The SMILES string of the molecule is COC(=O)C(CN1CCC2(CCCC2)CC1)NC(C)C. The predicted molar refractivity (Wildman–Crippen MR) is 80.7 cm³/mol. The van der Waals surface area contributed by atoms with Crippen LogP contribution in [0.1, 0.15) is 52.4 Å². The molecule has 0 aromatic heterocycles. The standard InChI is InChI=1S/C16H30N2O2/c1-13(2)17-14(15(19)20-3)12-18-10-8-16(9-11-18)6-4-5-7-16/h13-14,17H,4-12H2,1-3H3. The van der Waals surface area contributed by atoms with Gasteiger partial charge < -0.3 is 15.0 Å². The minimum Gasteiger partial charge on any atom is -0.468 e. The van der Waals surface area contributed by atoms with Crippen LogP contribution >= 0.6 is 0 Å².